The van der Waals surface area contributed by atoms with Gasteiger partial charge >= 0.3 is 6.18 Å². The number of benzene rings is 1. The summed E-state index contributed by atoms with van der Waals surface area (Å²) in [5.41, 5.74) is 5.09. The van der Waals surface area contributed by atoms with Gasteiger partial charge < -0.3 is 5.73 Å². The largest absolute Gasteiger partial charge is 0.416 e. The molecule has 0 atom stereocenters. The monoisotopic (exact) mass is 270 g/mol. The molecule has 1 aromatic heterocycles. The molecule has 19 heavy (non-hydrogen) atoms. The quantitative estimate of drug-likeness (QED) is 0.853. The van der Waals surface area contributed by atoms with Crippen molar-refractivity contribution in [3.8, 4) is 11.4 Å². The highest BCUT2D eigenvalue weighted by molar-refractivity contribution is 5.63. The summed E-state index contributed by atoms with van der Waals surface area (Å²) >= 11 is 0. The molecular weight excluding hydrogens is 257 g/mol. The number of alkyl halides is 3. The second-order valence-electron chi connectivity index (χ2n) is 4.17. The molecule has 0 aliphatic heterocycles. The number of hydrogen-bond donors (Lipinski definition) is 1. The van der Waals surface area contributed by atoms with Gasteiger partial charge in [-0.1, -0.05) is 6.92 Å². The van der Waals surface area contributed by atoms with E-state index in [4.69, 9.17) is 5.73 Å². The zero-order chi connectivity index (χ0) is 14.2. The lowest BCUT2D eigenvalue weighted by Crippen LogP contribution is -2.06. The van der Waals surface area contributed by atoms with Crippen molar-refractivity contribution in [2.75, 3.05) is 5.73 Å². The van der Waals surface area contributed by atoms with Gasteiger partial charge in [-0.3, -0.25) is 0 Å². The highest BCUT2D eigenvalue weighted by Crippen LogP contribution is 2.33. The Kier molecular flexibility index (Phi) is 3.21. The topological polar surface area (TPSA) is 56.7 Å². The number of nitrogens with two attached hydrogens (primary N) is 1. The molecule has 0 amide bonds. The molecule has 2 rings (SSSR count). The minimum absolute atomic E-state index is 0.0471. The van der Waals surface area contributed by atoms with Crippen LogP contribution in [0.5, 0.6) is 0 Å². The Balaban J connectivity index is 2.56. The zero-order valence-electron chi connectivity index (χ0n) is 10.5. The summed E-state index contributed by atoms with van der Waals surface area (Å²) < 4.78 is 39.7. The third kappa shape index (κ3) is 2.69. The van der Waals surface area contributed by atoms with Gasteiger partial charge in [-0.2, -0.15) is 18.3 Å². The van der Waals surface area contributed by atoms with E-state index in [-0.39, 0.29) is 5.69 Å². The molecule has 0 spiro atoms. The van der Waals surface area contributed by atoms with Crippen molar-refractivity contribution in [1.82, 2.24) is 14.8 Å². The van der Waals surface area contributed by atoms with Crippen molar-refractivity contribution in [1.29, 1.82) is 0 Å². The summed E-state index contributed by atoms with van der Waals surface area (Å²) in [6.07, 6.45) is -3.82. The minimum Gasteiger partial charge on any atom is -0.399 e. The highest BCUT2D eigenvalue weighted by Gasteiger charge is 2.31. The van der Waals surface area contributed by atoms with Gasteiger partial charge in [-0.05, 0) is 18.2 Å². The van der Waals surface area contributed by atoms with Gasteiger partial charge in [-0.25, -0.2) is 9.67 Å². The van der Waals surface area contributed by atoms with Crippen molar-refractivity contribution < 1.29 is 13.2 Å². The van der Waals surface area contributed by atoms with E-state index in [1.165, 1.54) is 10.7 Å². The molecule has 1 aromatic carbocycles. The first kappa shape index (κ1) is 13.4. The molecule has 0 saturated carbocycles. The normalized spacial score (nSPS) is 11.8. The molecule has 0 bridgehead atoms. The number of nitrogen functional groups attached to an aromatic ring is 1. The first-order valence-corrected chi connectivity index (χ1v) is 5.69. The number of rotatable bonds is 2. The van der Waals surface area contributed by atoms with Crippen LogP contribution in [0, 0.1) is 0 Å². The molecule has 102 valence electrons. The Hall–Kier alpha value is -2.05. The smallest absolute Gasteiger partial charge is 0.399 e. The number of anilines is 1. The Morgan fingerprint density at radius 2 is 1.95 bits per heavy atom. The molecule has 0 aliphatic rings. The van der Waals surface area contributed by atoms with E-state index < -0.39 is 11.7 Å². The lowest BCUT2D eigenvalue weighted by molar-refractivity contribution is -0.137. The highest BCUT2D eigenvalue weighted by atomic mass is 19.4. The van der Waals surface area contributed by atoms with Crippen molar-refractivity contribution >= 4 is 5.69 Å². The average Bonchev–Trinajstić information content (AvgIpc) is 2.68. The van der Waals surface area contributed by atoms with Crippen LogP contribution in [-0.4, -0.2) is 14.8 Å². The van der Waals surface area contributed by atoms with Gasteiger partial charge in [0.25, 0.3) is 0 Å². The summed E-state index contributed by atoms with van der Waals surface area (Å²) in [6, 6.07) is 3.39. The standard InChI is InChI=1S/C12H13F3N4/c1-3-10-17-11(19(2)18-10)7-4-8(12(13,14)15)6-9(16)5-7/h4-6H,3,16H2,1-2H3. The third-order valence-electron chi connectivity index (χ3n) is 2.66. The molecule has 7 heteroatoms. The SMILES string of the molecule is CCc1nc(-c2cc(N)cc(C(F)(F)F)c2)n(C)n1. The summed E-state index contributed by atoms with van der Waals surface area (Å²) in [5, 5.41) is 4.11. The van der Waals surface area contributed by atoms with Crippen molar-refractivity contribution in [3.05, 3.63) is 29.6 Å². The fourth-order valence-electron chi connectivity index (χ4n) is 1.78. The maximum atomic E-state index is 12.7. The first-order valence-electron chi connectivity index (χ1n) is 5.69. The average molecular weight is 270 g/mol. The van der Waals surface area contributed by atoms with E-state index in [2.05, 4.69) is 10.1 Å². The van der Waals surface area contributed by atoms with E-state index in [0.717, 1.165) is 12.1 Å². The molecule has 0 fully saturated rings. The van der Waals surface area contributed by atoms with Crippen LogP contribution in [0.2, 0.25) is 0 Å². The number of nitrogens with zero attached hydrogens (tertiary/aromatic N) is 3. The second-order valence-corrected chi connectivity index (χ2v) is 4.17. The predicted molar refractivity (Wildman–Crippen MR) is 65.2 cm³/mol. The maximum Gasteiger partial charge on any atom is 0.416 e. The summed E-state index contributed by atoms with van der Waals surface area (Å²) in [6.45, 7) is 1.87. The van der Waals surface area contributed by atoms with E-state index in [1.54, 1.807) is 7.05 Å². The van der Waals surface area contributed by atoms with Crippen molar-refractivity contribution in [2.45, 2.75) is 19.5 Å². The Morgan fingerprint density at radius 3 is 2.47 bits per heavy atom. The van der Waals surface area contributed by atoms with Gasteiger partial charge in [0.15, 0.2) is 11.6 Å². The summed E-state index contributed by atoms with van der Waals surface area (Å²) in [7, 11) is 1.64. The lowest BCUT2D eigenvalue weighted by atomic mass is 10.1. The number of hydrogen-bond acceptors (Lipinski definition) is 3. The van der Waals surface area contributed by atoms with Crippen LogP contribution < -0.4 is 5.73 Å². The van der Waals surface area contributed by atoms with E-state index >= 15 is 0 Å². The number of aryl methyl sites for hydroxylation is 2. The van der Waals surface area contributed by atoms with Gasteiger partial charge in [0, 0.05) is 24.7 Å². The minimum atomic E-state index is -4.43. The van der Waals surface area contributed by atoms with Crippen LogP contribution in [0.25, 0.3) is 11.4 Å². The van der Waals surface area contributed by atoms with Gasteiger partial charge in [0.1, 0.15) is 0 Å². The fraction of sp³-hybridized carbons (Fsp3) is 0.333. The second kappa shape index (κ2) is 4.56. The van der Waals surface area contributed by atoms with E-state index in [9.17, 15) is 13.2 Å². The number of halogens is 3. The third-order valence-corrected chi connectivity index (χ3v) is 2.66. The fourth-order valence-corrected chi connectivity index (χ4v) is 1.78. The molecule has 0 saturated heterocycles. The van der Waals surface area contributed by atoms with Crippen LogP contribution in [0.3, 0.4) is 0 Å². The molecule has 2 aromatic rings. The molecular formula is C12H13F3N4. The first-order chi connectivity index (χ1) is 8.81. The molecule has 0 radical (unpaired) electrons. The zero-order valence-corrected chi connectivity index (χ0v) is 10.5. The maximum absolute atomic E-state index is 12.7. The van der Waals surface area contributed by atoms with Crippen molar-refractivity contribution in [3.63, 3.8) is 0 Å². The molecule has 0 unspecified atom stereocenters. The van der Waals surface area contributed by atoms with Crippen LogP contribution in [0.4, 0.5) is 18.9 Å². The van der Waals surface area contributed by atoms with Gasteiger partial charge in [-0.15, -0.1) is 0 Å². The summed E-state index contributed by atoms with van der Waals surface area (Å²) in [5.74, 6) is 0.947. The van der Waals surface area contributed by atoms with Crippen LogP contribution in [-0.2, 0) is 19.6 Å². The summed E-state index contributed by atoms with van der Waals surface area (Å²) in [4.78, 5) is 4.19. The number of aromatic nitrogens is 3. The van der Waals surface area contributed by atoms with E-state index in [1.807, 2.05) is 6.92 Å². The Labute approximate surface area is 108 Å². The van der Waals surface area contributed by atoms with E-state index in [0.29, 0.717) is 23.6 Å². The molecule has 4 nitrogen and oxygen atoms in total. The predicted octanol–water partition coefficient (Wildman–Crippen LogP) is 2.65. The van der Waals surface area contributed by atoms with Crippen LogP contribution in [0.15, 0.2) is 18.2 Å². The Bertz CT molecular complexity index is 602. The van der Waals surface area contributed by atoms with Crippen LogP contribution in [0.1, 0.15) is 18.3 Å². The van der Waals surface area contributed by atoms with Crippen LogP contribution >= 0.6 is 0 Å². The lowest BCUT2D eigenvalue weighted by Gasteiger charge is -2.10. The van der Waals surface area contributed by atoms with Gasteiger partial charge in [0.05, 0.1) is 5.56 Å². The van der Waals surface area contributed by atoms with Gasteiger partial charge in [0.2, 0.25) is 0 Å². The Morgan fingerprint density at radius 1 is 1.26 bits per heavy atom. The molecule has 0 aliphatic carbocycles. The molecule has 1 heterocycles. The van der Waals surface area contributed by atoms with Crippen molar-refractivity contribution in [2.24, 2.45) is 7.05 Å². The molecule has 2 N–H and O–H groups in total.